The summed E-state index contributed by atoms with van der Waals surface area (Å²) in [5.41, 5.74) is 0. The molecule has 0 bridgehead atoms. The Hall–Kier alpha value is -1.42. The van der Waals surface area contributed by atoms with Crippen LogP contribution in [0.2, 0.25) is 0 Å². The largest absolute Gasteiger partial charge is 0.467 e. The fourth-order valence-corrected chi connectivity index (χ4v) is 3.64. The summed E-state index contributed by atoms with van der Waals surface area (Å²) in [5, 5.41) is 4.95. The van der Waals surface area contributed by atoms with Gasteiger partial charge in [0.2, 0.25) is 11.8 Å². The molecule has 126 valence electrons. The molecule has 0 aliphatic rings. The number of nitrogens with one attached hydrogen (secondary N) is 2. The zero-order valence-corrected chi connectivity index (χ0v) is 14.5. The van der Waals surface area contributed by atoms with Gasteiger partial charge in [-0.1, -0.05) is 21.6 Å². The smallest absolute Gasteiger partial charge is 0.329 e. The van der Waals surface area contributed by atoms with Gasteiger partial charge in [0, 0.05) is 25.4 Å². The van der Waals surface area contributed by atoms with E-state index in [2.05, 4.69) is 20.1 Å². The first-order chi connectivity index (χ1) is 10.3. The van der Waals surface area contributed by atoms with E-state index in [0.717, 1.165) is 0 Å². The van der Waals surface area contributed by atoms with E-state index in [1.807, 2.05) is 0 Å². The van der Waals surface area contributed by atoms with Crippen LogP contribution in [0.1, 0.15) is 13.8 Å². The molecule has 2 N–H and O–H groups in total. The van der Waals surface area contributed by atoms with E-state index in [9.17, 15) is 19.2 Å². The number of ether oxygens (including phenoxy) is 2. The first-order valence-corrected chi connectivity index (χ1v) is 8.74. The van der Waals surface area contributed by atoms with Gasteiger partial charge in [0.15, 0.2) is 0 Å². The van der Waals surface area contributed by atoms with Crippen molar-refractivity contribution in [1.82, 2.24) is 10.6 Å². The maximum Gasteiger partial charge on any atom is 0.329 e. The lowest BCUT2D eigenvalue weighted by atomic mass is 10.3. The van der Waals surface area contributed by atoms with Crippen LogP contribution in [0.4, 0.5) is 0 Å². The third kappa shape index (κ3) is 8.78. The first-order valence-electron chi connectivity index (χ1n) is 6.26. The van der Waals surface area contributed by atoms with Crippen molar-refractivity contribution in [2.45, 2.75) is 25.9 Å². The molecule has 2 atom stereocenters. The SMILES string of the molecule is COC(=O)[C@H](CSSC[C@H](NC(C)=O)C(=O)OC)NC(C)=O. The number of amides is 2. The minimum atomic E-state index is -0.766. The maximum absolute atomic E-state index is 11.5. The highest BCUT2D eigenvalue weighted by Gasteiger charge is 2.23. The van der Waals surface area contributed by atoms with Gasteiger partial charge in [0.05, 0.1) is 14.2 Å². The fraction of sp³-hybridized carbons (Fsp3) is 0.667. The maximum atomic E-state index is 11.5. The van der Waals surface area contributed by atoms with Gasteiger partial charge in [0.25, 0.3) is 0 Å². The van der Waals surface area contributed by atoms with E-state index in [0.29, 0.717) is 0 Å². The Labute approximate surface area is 136 Å². The van der Waals surface area contributed by atoms with Crippen LogP contribution >= 0.6 is 21.6 Å². The minimum Gasteiger partial charge on any atom is -0.467 e. The van der Waals surface area contributed by atoms with E-state index in [-0.39, 0.29) is 23.3 Å². The lowest BCUT2D eigenvalue weighted by molar-refractivity contribution is -0.144. The Kier molecular flexibility index (Phi) is 10.5. The van der Waals surface area contributed by atoms with Gasteiger partial charge >= 0.3 is 11.9 Å². The molecule has 0 radical (unpaired) electrons. The van der Waals surface area contributed by atoms with Crippen molar-refractivity contribution < 1.29 is 28.7 Å². The number of methoxy groups -OCH3 is 2. The monoisotopic (exact) mass is 352 g/mol. The van der Waals surface area contributed by atoms with Gasteiger partial charge in [-0.3, -0.25) is 9.59 Å². The molecule has 0 saturated heterocycles. The molecule has 8 nitrogen and oxygen atoms in total. The highest BCUT2D eigenvalue weighted by Crippen LogP contribution is 2.23. The standard InChI is InChI=1S/C12H20N2O6S2/c1-7(15)13-9(11(17)19-3)5-21-22-6-10(12(18)20-4)14-8(2)16/h9-10H,5-6H2,1-4H3,(H,13,15)(H,14,16)/t9-,10-/m0/s1. The predicted molar refractivity (Wildman–Crippen MR) is 84.2 cm³/mol. The lowest BCUT2D eigenvalue weighted by Crippen LogP contribution is -2.43. The van der Waals surface area contributed by atoms with Crippen molar-refractivity contribution in [1.29, 1.82) is 0 Å². The molecule has 0 saturated carbocycles. The van der Waals surface area contributed by atoms with Gasteiger partial charge in [-0.15, -0.1) is 0 Å². The summed E-state index contributed by atoms with van der Waals surface area (Å²) in [6.07, 6.45) is 0. The van der Waals surface area contributed by atoms with Gasteiger partial charge in [-0.2, -0.15) is 0 Å². The Morgan fingerprint density at radius 3 is 1.36 bits per heavy atom. The first kappa shape index (κ1) is 20.6. The highest BCUT2D eigenvalue weighted by atomic mass is 33.1. The molecule has 0 aromatic carbocycles. The Morgan fingerprint density at radius 1 is 0.818 bits per heavy atom. The molecule has 22 heavy (non-hydrogen) atoms. The Morgan fingerprint density at radius 2 is 1.14 bits per heavy atom. The topological polar surface area (TPSA) is 111 Å². The molecule has 0 rings (SSSR count). The van der Waals surface area contributed by atoms with Crippen LogP contribution < -0.4 is 10.6 Å². The molecule has 0 spiro atoms. The normalized spacial score (nSPS) is 12.7. The van der Waals surface area contributed by atoms with Crippen LogP contribution in [0.25, 0.3) is 0 Å². The summed E-state index contributed by atoms with van der Waals surface area (Å²) in [7, 11) is 5.02. The zero-order valence-electron chi connectivity index (χ0n) is 12.8. The highest BCUT2D eigenvalue weighted by molar-refractivity contribution is 8.76. The number of hydrogen-bond acceptors (Lipinski definition) is 8. The summed E-state index contributed by atoms with van der Waals surface area (Å²) in [6.45, 7) is 2.61. The van der Waals surface area contributed by atoms with Gasteiger partial charge in [0.1, 0.15) is 12.1 Å². The van der Waals surface area contributed by atoms with Gasteiger partial charge < -0.3 is 20.1 Å². The summed E-state index contributed by atoms with van der Waals surface area (Å²) < 4.78 is 9.18. The molecule has 0 aromatic heterocycles. The molecule has 0 aromatic rings. The number of rotatable bonds is 9. The number of hydrogen-bond donors (Lipinski definition) is 2. The van der Waals surface area contributed by atoms with E-state index in [1.54, 1.807) is 0 Å². The minimum absolute atomic E-state index is 0.269. The van der Waals surface area contributed by atoms with E-state index >= 15 is 0 Å². The van der Waals surface area contributed by atoms with E-state index in [4.69, 9.17) is 0 Å². The molecule has 0 fully saturated rings. The van der Waals surface area contributed by atoms with Crippen molar-refractivity contribution in [2.24, 2.45) is 0 Å². The van der Waals surface area contributed by atoms with E-state index < -0.39 is 24.0 Å². The molecular formula is C12H20N2O6S2. The average molecular weight is 352 g/mol. The number of carbonyl (C=O) groups is 4. The summed E-state index contributed by atoms with van der Waals surface area (Å²) in [5.74, 6) is -1.24. The molecule has 2 amide bonds. The molecule has 0 heterocycles. The van der Waals surface area contributed by atoms with Crippen LogP contribution in [0.5, 0.6) is 0 Å². The molecule has 0 unspecified atom stereocenters. The molecule has 0 aliphatic heterocycles. The van der Waals surface area contributed by atoms with Crippen LogP contribution in [-0.2, 0) is 28.7 Å². The van der Waals surface area contributed by atoms with Crippen LogP contribution in [-0.4, -0.2) is 61.6 Å². The fourth-order valence-electron chi connectivity index (χ4n) is 1.34. The second-order valence-electron chi connectivity index (χ2n) is 4.12. The molecule has 0 aliphatic carbocycles. The van der Waals surface area contributed by atoms with Crippen molar-refractivity contribution in [3.05, 3.63) is 0 Å². The third-order valence-electron chi connectivity index (χ3n) is 2.28. The van der Waals surface area contributed by atoms with E-state index in [1.165, 1.54) is 49.7 Å². The lowest BCUT2D eigenvalue weighted by Gasteiger charge is -2.16. The Bertz CT molecular complexity index is 380. The average Bonchev–Trinajstić information content (AvgIpc) is 2.46. The summed E-state index contributed by atoms with van der Waals surface area (Å²) in [4.78, 5) is 45.0. The van der Waals surface area contributed by atoms with Gasteiger partial charge in [-0.05, 0) is 0 Å². The number of esters is 2. The van der Waals surface area contributed by atoms with Crippen molar-refractivity contribution >= 4 is 45.3 Å². The summed E-state index contributed by atoms with van der Waals surface area (Å²) in [6, 6.07) is -1.53. The van der Waals surface area contributed by atoms with Crippen molar-refractivity contribution in [3.8, 4) is 0 Å². The predicted octanol–water partition coefficient (Wildman–Crippen LogP) is -0.277. The van der Waals surface area contributed by atoms with Crippen molar-refractivity contribution in [3.63, 3.8) is 0 Å². The summed E-state index contributed by atoms with van der Waals surface area (Å²) >= 11 is 0. The van der Waals surface area contributed by atoms with Crippen LogP contribution in [0.15, 0.2) is 0 Å². The second kappa shape index (κ2) is 11.2. The van der Waals surface area contributed by atoms with Crippen LogP contribution in [0, 0.1) is 0 Å². The number of carbonyl (C=O) groups excluding carboxylic acids is 4. The van der Waals surface area contributed by atoms with Gasteiger partial charge in [-0.25, -0.2) is 9.59 Å². The Balaban J connectivity index is 4.33. The molecular weight excluding hydrogens is 332 g/mol. The third-order valence-corrected chi connectivity index (χ3v) is 4.70. The van der Waals surface area contributed by atoms with Crippen molar-refractivity contribution in [2.75, 3.05) is 25.7 Å². The second-order valence-corrected chi connectivity index (χ2v) is 6.67. The zero-order chi connectivity index (χ0) is 17.1. The quantitative estimate of drug-likeness (QED) is 0.331. The van der Waals surface area contributed by atoms with Crippen LogP contribution in [0.3, 0.4) is 0 Å². The molecule has 10 heteroatoms.